The average molecular weight is 203 g/mol. The van der Waals surface area contributed by atoms with Crippen LogP contribution in [-0.4, -0.2) is 28.2 Å². The Labute approximate surface area is 83.3 Å². The van der Waals surface area contributed by atoms with Crippen molar-refractivity contribution in [3.63, 3.8) is 0 Å². The van der Waals surface area contributed by atoms with E-state index >= 15 is 0 Å². The molecule has 0 bridgehead atoms. The van der Waals surface area contributed by atoms with Crippen LogP contribution in [0.3, 0.4) is 0 Å². The minimum Gasteiger partial charge on any atom is -0.480 e. The molecule has 13 heavy (non-hydrogen) atoms. The maximum absolute atomic E-state index is 10.7. The molecule has 2 N–H and O–H groups in total. The summed E-state index contributed by atoms with van der Waals surface area (Å²) in [6, 6.07) is -0.337. The quantitative estimate of drug-likeness (QED) is 0.727. The smallest absolute Gasteiger partial charge is 0.321 e. The molecule has 1 saturated heterocycles. The van der Waals surface area contributed by atoms with Crippen LogP contribution >= 0.6 is 11.8 Å². The molecule has 76 valence electrons. The second-order valence-electron chi connectivity index (χ2n) is 3.39. The van der Waals surface area contributed by atoms with E-state index in [0.717, 1.165) is 12.8 Å². The SMILES string of the molecule is CCC(CC)[C@@H]1N[C@@H](C(=O)O)CS1. The van der Waals surface area contributed by atoms with Crippen molar-refractivity contribution in [2.75, 3.05) is 5.75 Å². The number of hydrogen-bond acceptors (Lipinski definition) is 3. The number of carbonyl (C=O) groups is 1. The topological polar surface area (TPSA) is 49.3 Å². The first-order valence-corrected chi connectivity index (χ1v) is 5.84. The Morgan fingerprint density at radius 2 is 2.23 bits per heavy atom. The third-order valence-corrected chi connectivity index (χ3v) is 3.99. The Bertz CT molecular complexity index is 182. The van der Waals surface area contributed by atoms with Crippen LogP contribution in [0.2, 0.25) is 0 Å². The predicted molar refractivity (Wildman–Crippen MR) is 54.9 cm³/mol. The standard InChI is InChI=1S/C9H17NO2S/c1-3-6(4-2)8-10-7(5-13-8)9(11)12/h6-8,10H,3-5H2,1-2H3,(H,11,12)/t7-,8-/m1/s1. The van der Waals surface area contributed by atoms with Crippen molar-refractivity contribution >= 4 is 17.7 Å². The fourth-order valence-electron chi connectivity index (χ4n) is 1.63. The maximum atomic E-state index is 10.7. The molecule has 0 aromatic carbocycles. The molecular formula is C9H17NO2S. The van der Waals surface area contributed by atoms with Gasteiger partial charge in [0.1, 0.15) is 6.04 Å². The van der Waals surface area contributed by atoms with E-state index in [0.29, 0.717) is 17.0 Å². The lowest BCUT2D eigenvalue weighted by molar-refractivity contribution is -0.138. The summed E-state index contributed by atoms with van der Waals surface area (Å²) >= 11 is 1.74. The molecule has 0 amide bonds. The molecule has 0 aromatic rings. The summed E-state index contributed by atoms with van der Waals surface area (Å²) in [5.74, 6) is 0.589. The first-order valence-electron chi connectivity index (χ1n) is 4.79. The predicted octanol–water partition coefficient (Wildman–Crippen LogP) is 1.54. The van der Waals surface area contributed by atoms with Crippen LogP contribution in [0.15, 0.2) is 0 Å². The summed E-state index contributed by atoms with van der Waals surface area (Å²) in [7, 11) is 0. The van der Waals surface area contributed by atoms with E-state index < -0.39 is 5.97 Å². The van der Waals surface area contributed by atoms with E-state index in [1.54, 1.807) is 11.8 Å². The van der Waals surface area contributed by atoms with E-state index in [9.17, 15) is 4.79 Å². The van der Waals surface area contributed by atoms with E-state index in [2.05, 4.69) is 19.2 Å². The molecule has 3 nitrogen and oxygen atoms in total. The van der Waals surface area contributed by atoms with Crippen LogP contribution in [0.25, 0.3) is 0 Å². The second kappa shape index (κ2) is 4.86. The zero-order valence-electron chi connectivity index (χ0n) is 8.12. The molecule has 0 aliphatic carbocycles. The highest BCUT2D eigenvalue weighted by atomic mass is 32.2. The lowest BCUT2D eigenvalue weighted by Gasteiger charge is -2.20. The molecule has 0 aromatic heterocycles. The van der Waals surface area contributed by atoms with Crippen molar-refractivity contribution in [1.82, 2.24) is 5.32 Å². The minimum atomic E-state index is -0.721. The Morgan fingerprint density at radius 1 is 1.62 bits per heavy atom. The van der Waals surface area contributed by atoms with Gasteiger partial charge < -0.3 is 5.11 Å². The van der Waals surface area contributed by atoms with Crippen LogP contribution in [0.5, 0.6) is 0 Å². The lowest BCUT2D eigenvalue weighted by atomic mass is 10.0. The van der Waals surface area contributed by atoms with Gasteiger partial charge in [0.05, 0.1) is 5.37 Å². The van der Waals surface area contributed by atoms with Gasteiger partial charge in [-0.25, -0.2) is 0 Å². The van der Waals surface area contributed by atoms with Gasteiger partial charge in [0.25, 0.3) is 0 Å². The third-order valence-electron chi connectivity index (χ3n) is 2.58. The molecule has 1 aliphatic rings. The van der Waals surface area contributed by atoms with Gasteiger partial charge in [-0.15, -0.1) is 11.8 Å². The van der Waals surface area contributed by atoms with Crippen molar-refractivity contribution in [3.8, 4) is 0 Å². The van der Waals surface area contributed by atoms with Crippen LogP contribution in [0, 0.1) is 5.92 Å². The van der Waals surface area contributed by atoms with Crippen LogP contribution in [0.4, 0.5) is 0 Å². The third kappa shape index (κ3) is 2.61. The molecular weight excluding hydrogens is 186 g/mol. The molecule has 0 saturated carbocycles. The Morgan fingerprint density at radius 3 is 2.62 bits per heavy atom. The second-order valence-corrected chi connectivity index (χ2v) is 4.56. The van der Waals surface area contributed by atoms with Gasteiger partial charge in [0, 0.05) is 5.75 Å². The summed E-state index contributed by atoms with van der Waals surface area (Å²) in [6.07, 6.45) is 2.24. The van der Waals surface area contributed by atoms with Crippen molar-refractivity contribution in [2.24, 2.45) is 5.92 Å². The lowest BCUT2D eigenvalue weighted by Crippen LogP contribution is -2.39. The fourth-order valence-corrected chi connectivity index (χ4v) is 3.18. The Hall–Kier alpha value is -0.220. The highest BCUT2D eigenvalue weighted by Gasteiger charge is 2.32. The van der Waals surface area contributed by atoms with E-state index in [4.69, 9.17) is 5.11 Å². The number of carboxylic acid groups (broad SMARTS) is 1. The molecule has 0 unspecified atom stereocenters. The van der Waals surface area contributed by atoms with Crippen molar-refractivity contribution < 1.29 is 9.90 Å². The van der Waals surface area contributed by atoms with Crippen LogP contribution in [0.1, 0.15) is 26.7 Å². The maximum Gasteiger partial charge on any atom is 0.321 e. The number of hydrogen-bond donors (Lipinski definition) is 2. The minimum absolute atomic E-state index is 0.337. The van der Waals surface area contributed by atoms with Crippen molar-refractivity contribution in [3.05, 3.63) is 0 Å². The Kier molecular flexibility index (Phi) is 4.06. The first kappa shape index (κ1) is 10.9. The monoisotopic (exact) mass is 203 g/mol. The van der Waals surface area contributed by atoms with Crippen molar-refractivity contribution in [1.29, 1.82) is 0 Å². The first-order chi connectivity index (χ1) is 6.19. The summed E-state index contributed by atoms with van der Waals surface area (Å²) < 4.78 is 0. The van der Waals surface area contributed by atoms with Gasteiger partial charge in [-0.2, -0.15) is 0 Å². The number of nitrogens with one attached hydrogen (secondary N) is 1. The van der Waals surface area contributed by atoms with Crippen LogP contribution < -0.4 is 5.32 Å². The number of carboxylic acids is 1. The molecule has 2 atom stereocenters. The average Bonchev–Trinajstić information content (AvgIpc) is 2.56. The van der Waals surface area contributed by atoms with E-state index in [-0.39, 0.29) is 6.04 Å². The molecule has 1 fully saturated rings. The van der Waals surface area contributed by atoms with Gasteiger partial charge in [-0.05, 0) is 5.92 Å². The zero-order valence-corrected chi connectivity index (χ0v) is 8.93. The molecule has 1 rings (SSSR count). The van der Waals surface area contributed by atoms with Crippen LogP contribution in [-0.2, 0) is 4.79 Å². The number of thioether (sulfide) groups is 1. The normalized spacial score (nSPS) is 28.2. The fraction of sp³-hybridized carbons (Fsp3) is 0.889. The van der Waals surface area contributed by atoms with Gasteiger partial charge in [-0.3, -0.25) is 10.1 Å². The van der Waals surface area contributed by atoms with Gasteiger partial charge in [-0.1, -0.05) is 26.7 Å². The highest BCUT2D eigenvalue weighted by Crippen LogP contribution is 2.28. The summed E-state index contributed by atoms with van der Waals surface area (Å²) in [4.78, 5) is 10.7. The van der Waals surface area contributed by atoms with Gasteiger partial charge in [0.2, 0.25) is 0 Å². The van der Waals surface area contributed by atoms with Gasteiger partial charge in [0.15, 0.2) is 0 Å². The number of aliphatic carboxylic acids is 1. The molecule has 0 spiro atoms. The molecule has 4 heteroatoms. The largest absolute Gasteiger partial charge is 0.480 e. The molecule has 1 aliphatic heterocycles. The summed E-state index contributed by atoms with van der Waals surface area (Å²) in [5, 5.41) is 12.3. The van der Waals surface area contributed by atoms with E-state index in [1.807, 2.05) is 0 Å². The molecule has 0 radical (unpaired) electrons. The van der Waals surface area contributed by atoms with E-state index in [1.165, 1.54) is 0 Å². The summed E-state index contributed by atoms with van der Waals surface area (Å²) in [5.41, 5.74) is 0. The highest BCUT2D eigenvalue weighted by molar-refractivity contribution is 8.00. The Balaban J connectivity index is 2.43. The molecule has 1 heterocycles. The zero-order chi connectivity index (χ0) is 9.84. The van der Waals surface area contributed by atoms with Crippen molar-refractivity contribution in [2.45, 2.75) is 38.1 Å². The van der Waals surface area contributed by atoms with Gasteiger partial charge >= 0.3 is 5.97 Å². The summed E-state index contributed by atoms with van der Waals surface area (Å²) in [6.45, 7) is 4.31. The number of rotatable bonds is 4.